The fourth-order valence-corrected chi connectivity index (χ4v) is 3.15. The van der Waals surface area contributed by atoms with Crippen molar-refractivity contribution in [2.24, 2.45) is 0 Å². The number of likely N-dealkylation sites (tertiary alicyclic amines) is 1. The number of carbonyl (C=O) groups is 1. The minimum atomic E-state index is 0.185. The van der Waals surface area contributed by atoms with E-state index in [4.69, 9.17) is 0 Å². The van der Waals surface area contributed by atoms with Gasteiger partial charge in [-0.15, -0.1) is 0 Å². The third kappa shape index (κ3) is 3.14. The van der Waals surface area contributed by atoms with Crippen molar-refractivity contribution < 1.29 is 9.90 Å². The first-order chi connectivity index (χ1) is 10.3. The normalized spacial score (nSPS) is 19.2. The van der Waals surface area contributed by atoms with Crippen LogP contribution in [0.3, 0.4) is 0 Å². The van der Waals surface area contributed by atoms with Gasteiger partial charge in [0.15, 0.2) is 5.78 Å². The quantitative estimate of drug-likeness (QED) is 0.858. The van der Waals surface area contributed by atoms with Crippen molar-refractivity contribution in [2.75, 3.05) is 19.7 Å². The molecule has 0 unspecified atom stereocenters. The minimum absolute atomic E-state index is 0.185. The van der Waals surface area contributed by atoms with Crippen LogP contribution in [0.4, 0.5) is 0 Å². The summed E-state index contributed by atoms with van der Waals surface area (Å²) in [5.41, 5.74) is 0.786. The topological polar surface area (TPSA) is 40.5 Å². The van der Waals surface area contributed by atoms with Gasteiger partial charge in [0.2, 0.25) is 0 Å². The molecular weight excluding hydrogens is 262 g/mol. The number of carbonyl (C=O) groups excluding carboxylic acids is 1. The van der Waals surface area contributed by atoms with E-state index in [-0.39, 0.29) is 18.4 Å². The molecule has 3 nitrogen and oxygen atoms in total. The van der Waals surface area contributed by atoms with Crippen LogP contribution in [0.5, 0.6) is 0 Å². The van der Waals surface area contributed by atoms with Gasteiger partial charge in [-0.05, 0) is 36.2 Å². The van der Waals surface area contributed by atoms with Crippen LogP contribution < -0.4 is 0 Å². The van der Waals surface area contributed by atoms with E-state index >= 15 is 0 Å². The average Bonchev–Trinajstić information content (AvgIpc) is 2.99. The first-order valence-corrected chi connectivity index (χ1v) is 7.65. The van der Waals surface area contributed by atoms with Crippen molar-refractivity contribution in [1.82, 2.24) is 4.90 Å². The molecule has 110 valence electrons. The van der Waals surface area contributed by atoms with Gasteiger partial charge >= 0.3 is 0 Å². The van der Waals surface area contributed by atoms with Crippen LogP contribution in [-0.2, 0) is 0 Å². The van der Waals surface area contributed by atoms with E-state index in [2.05, 4.69) is 11.0 Å². The Hall–Kier alpha value is -1.71. The van der Waals surface area contributed by atoms with E-state index in [1.54, 1.807) is 0 Å². The van der Waals surface area contributed by atoms with Crippen molar-refractivity contribution in [3.63, 3.8) is 0 Å². The zero-order chi connectivity index (χ0) is 14.7. The summed E-state index contributed by atoms with van der Waals surface area (Å²) >= 11 is 0. The number of Topliss-reactive ketones (excluding diaryl/α,β-unsaturated/α-hetero) is 1. The number of nitrogens with zero attached hydrogens (tertiary/aromatic N) is 1. The predicted molar refractivity (Wildman–Crippen MR) is 84.6 cm³/mol. The number of aliphatic hydroxyl groups excluding tert-OH is 1. The molecule has 1 heterocycles. The number of aliphatic hydroxyl groups is 1. The van der Waals surface area contributed by atoms with E-state index in [1.807, 2.05) is 36.4 Å². The molecule has 21 heavy (non-hydrogen) atoms. The number of hydrogen-bond acceptors (Lipinski definition) is 3. The lowest BCUT2D eigenvalue weighted by molar-refractivity contribution is 0.0946. The molecule has 0 amide bonds. The lowest BCUT2D eigenvalue weighted by Crippen LogP contribution is -2.33. The Bertz CT molecular complexity index is 638. The molecule has 1 fully saturated rings. The summed E-state index contributed by atoms with van der Waals surface area (Å²) < 4.78 is 0. The lowest BCUT2D eigenvalue weighted by Gasteiger charge is -2.22. The predicted octanol–water partition coefficient (Wildman–Crippen LogP) is 2.87. The third-order valence-electron chi connectivity index (χ3n) is 4.41. The lowest BCUT2D eigenvalue weighted by atomic mass is 10.0. The Morgan fingerprint density at radius 2 is 2.00 bits per heavy atom. The molecule has 3 rings (SSSR count). The second-order valence-electron chi connectivity index (χ2n) is 5.75. The fourth-order valence-electron chi connectivity index (χ4n) is 3.15. The molecule has 0 aliphatic carbocycles. The Morgan fingerprint density at radius 3 is 2.81 bits per heavy atom. The minimum Gasteiger partial charge on any atom is -0.395 e. The molecule has 1 atom stereocenters. The zero-order valence-corrected chi connectivity index (χ0v) is 12.2. The number of ketones is 1. The fraction of sp³-hybridized carbons (Fsp3) is 0.389. The summed E-state index contributed by atoms with van der Waals surface area (Å²) in [5, 5.41) is 11.6. The highest BCUT2D eigenvalue weighted by Crippen LogP contribution is 2.19. The number of rotatable bonds is 5. The molecule has 0 bridgehead atoms. The van der Waals surface area contributed by atoms with Crippen LogP contribution in [-0.4, -0.2) is 41.5 Å². The van der Waals surface area contributed by atoms with Crippen LogP contribution in [0.1, 0.15) is 29.6 Å². The molecular formula is C18H21NO2. The molecule has 2 aromatic carbocycles. The van der Waals surface area contributed by atoms with E-state index < -0.39 is 0 Å². The van der Waals surface area contributed by atoms with Crippen LogP contribution in [0, 0.1) is 0 Å². The monoisotopic (exact) mass is 283 g/mol. The highest BCUT2D eigenvalue weighted by molar-refractivity contribution is 6.00. The molecule has 1 aliphatic heterocycles. The Balaban J connectivity index is 1.66. The molecule has 1 saturated heterocycles. The van der Waals surface area contributed by atoms with Crippen molar-refractivity contribution in [1.29, 1.82) is 0 Å². The highest BCUT2D eigenvalue weighted by atomic mass is 16.3. The standard InChI is InChI=1S/C18H21NO2/c20-13-17-6-3-10-19(17)11-9-18(21)16-8-7-14-4-1-2-5-15(14)12-16/h1-2,4-5,7-8,12,17,20H,3,6,9-11,13H2/t17-/m1/s1. The van der Waals surface area contributed by atoms with Crippen LogP contribution in [0.2, 0.25) is 0 Å². The van der Waals surface area contributed by atoms with E-state index in [9.17, 15) is 9.90 Å². The SMILES string of the molecule is O=C(CCN1CCC[C@@H]1CO)c1ccc2ccccc2c1. The molecule has 0 radical (unpaired) electrons. The Labute approximate surface area is 125 Å². The van der Waals surface area contributed by atoms with Crippen molar-refractivity contribution in [3.8, 4) is 0 Å². The molecule has 0 spiro atoms. The number of benzene rings is 2. The number of fused-ring (bicyclic) bond motifs is 1. The summed E-state index contributed by atoms with van der Waals surface area (Å²) in [6.07, 6.45) is 2.69. The van der Waals surface area contributed by atoms with E-state index in [1.165, 1.54) is 0 Å². The third-order valence-corrected chi connectivity index (χ3v) is 4.41. The van der Waals surface area contributed by atoms with Crippen LogP contribution >= 0.6 is 0 Å². The first kappa shape index (κ1) is 14.2. The van der Waals surface area contributed by atoms with Crippen molar-refractivity contribution in [3.05, 3.63) is 48.0 Å². The largest absolute Gasteiger partial charge is 0.395 e. The maximum Gasteiger partial charge on any atom is 0.164 e. The Kier molecular flexibility index (Phi) is 4.32. The zero-order valence-electron chi connectivity index (χ0n) is 12.2. The maximum absolute atomic E-state index is 12.4. The van der Waals surface area contributed by atoms with Crippen LogP contribution in [0.15, 0.2) is 42.5 Å². The van der Waals surface area contributed by atoms with Crippen molar-refractivity contribution >= 4 is 16.6 Å². The summed E-state index contributed by atoms with van der Waals surface area (Å²) in [5.74, 6) is 0.185. The van der Waals surface area contributed by atoms with Gasteiger partial charge < -0.3 is 5.11 Å². The second-order valence-corrected chi connectivity index (χ2v) is 5.75. The maximum atomic E-state index is 12.4. The summed E-state index contributed by atoms with van der Waals surface area (Å²) in [6.45, 7) is 1.94. The summed E-state index contributed by atoms with van der Waals surface area (Å²) in [4.78, 5) is 14.6. The van der Waals surface area contributed by atoms with E-state index in [0.29, 0.717) is 6.42 Å². The molecule has 0 saturated carbocycles. The van der Waals surface area contributed by atoms with Gasteiger partial charge in [0.05, 0.1) is 6.61 Å². The van der Waals surface area contributed by atoms with Gasteiger partial charge in [-0.3, -0.25) is 9.69 Å². The molecule has 2 aromatic rings. The molecule has 1 N–H and O–H groups in total. The van der Waals surface area contributed by atoms with Gasteiger partial charge in [-0.25, -0.2) is 0 Å². The molecule has 1 aliphatic rings. The second kappa shape index (κ2) is 6.37. The van der Waals surface area contributed by atoms with Crippen molar-refractivity contribution in [2.45, 2.75) is 25.3 Å². The van der Waals surface area contributed by atoms with Crippen LogP contribution in [0.25, 0.3) is 10.8 Å². The van der Waals surface area contributed by atoms with E-state index in [0.717, 1.165) is 42.3 Å². The molecule has 0 aromatic heterocycles. The first-order valence-electron chi connectivity index (χ1n) is 7.65. The summed E-state index contributed by atoms with van der Waals surface area (Å²) in [7, 11) is 0. The smallest absolute Gasteiger partial charge is 0.164 e. The number of hydrogen-bond donors (Lipinski definition) is 1. The van der Waals surface area contributed by atoms with Gasteiger partial charge in [0, 0.05) is 24.6 Å². The van der Waals surface area contributed by atoms with Gasteiger partial charge in [-0.1, -0.05) is 36.4 Å². The van der Waals surface area contributed by atoms with Gasteiger partial charge in [0.1, 0.15) is 0 Å². The summed E-state index contributed by atoms with van der Waals surface area (Å²) in [6, 6.07) is 14.2. The Morgan fingerprint density at radius 1 is 1.19 bits per heavy atom. The van der Waals surface area contributed by atoms with Gasteiger partial charge in [-0.2, -0.15) is 0 Å². The van der Waals surface area contributed by atoms with Gasteiger partial charge in [0.25, 0.3) is 0 Å². The molecule has 3 heteroatoms. The highest BCUT2D eigenvalue weighted by Gasteiger charge is 2.23. The average molecular weight is 283 g/mol.